The van der Waals surface area contributed by atoms with Crippen LogP contribution in [0.1, 0.15) is 11.1 Å². The van der Waals surface area contributed by atoms with Crippen molar-refractivity contribution in [3.63, 3.8) is 0 Å². The Morgan fingerprint density at radius 2 is 1.24 bits per heavy atom. The molecule has 0 unspecified atom stereocenters. The molecule has 0 saturated heterocycles. The van der Waals surface area contributed by atoms with E-state index in [1.165, 1.54) is 0 Å². The van der Waals surface area contributed by atoms with Gasteiger partial charge in [0, 0.05) is 9.66 Å². The zero-order valence-corrected chi connectivity index (χ0v) is 13.0. The Balaban J connectivity index is 2.64. The van der Waals surface area contributed by atoms with Gasteiger partial charge in [0.25, 0.3) is 0 Å². The minimum Gasteiger partial charge on any atom is -0.376 e. The summed E-state index contributed by atoms with van der Waals surface area (Å²) in [6, 6.07) is 16.6. The van der Waals surface area contributed by atoms with Crippen molar-refractivity contribution in [1.29, 1.82) is 0 Å². The summed E-state index contributed by atoms with van der Waals surface area (Å²) in [4.78, 5) is 0. The second-order valence-corrected chi connectivity index (χ2v) is 5.64. The molecular weight excluding hydrogens is 392 g/mol. The first-order valence-electron chi connectivity index (χ1n) is 6.13. The van der Waals surface area contributed by atoms with Crippen molar-refractivity contribution >= 4 is 22.6 Å². The van der Waals surface area contributed by atoms with Gasteiger partial charge in [-0.2, -0.15) is 13.2 Å². The molecule has 2 aromatic carbocycles. The fourth-order valence-corrected chi connectivity index (χ4v) is 3.03. The highest BCUT2D eigenvalue weighted by Crippen LogP contribution is 2.41. The van der Waals surface area contributed by atoms with Crippen LogP contribution < -0.4 is 0 Å². The van der Waals surface area contributed by atoms with E-state index in [-0.39, 0.29) is 9.66 Å². The van der Waals surface area contributed by atoms with Gasteiger partial charge in [-0.3, -0.25) is 0 Å². The van der Waals surface area contributed by atoms with Crippen molar-refractivity contribution < 1.29 is 18.3 Å². The Hall–Kier alpha value is -1.34. The van der Waals surface area contributed by atoms with Crippen molar-refractivity contribution in [1.82, 2.24) is 0 Å². The van der Waals surface area contributed by atoms with Crippen LogP contribution in [-0.4, -0.2) is 11.3 Å². The first kappa shape index (κ1) is 16.0. The van der Waals surface area contributed by atoms with Crippen LogP contribution in [0.2, 0.25) is 0 Å². The van der Waals surface area contributed by atoms with Gasteiger partial charge in [0.05, 0.1) is 0 Å². The molecule has 110 valence electrons. The molecule has 0 saturated carbocycles. The molecule has 1 nitrogen and oxygen atoms in total. The maximum atomic E-state index is 12.7. The molecule has 0 radical (unpaired) electrons. The van der Waals surface area contributed by atoms with Crippen molar-refractivity contribution in [3.05, 3.63) is 81.4 Å². The number of hydrogen-bond donors (Lipinski definition) is 1. The molecule has 0 aromatic heterocycles. The minimum atomic E-state index is -4.49. The van der Waals surface area contributed by atoms with E-state index in [1.807, 2.05) is 0 Å². The van der Waals surface area contributed by atoms with Crippen molar-refractivity contribution in [2.75, 3.05) is 0 Å². The summed E-state index contributed by atoms with van der Waals surface area (Å²) in [6.45, 7) is 0. The van der Waals surface area contributed by atoms with Crippen LogP contribution in [0.25, 0.3) is 0 Å². The molecule has 2 aromatic rings. The highest BCUT2D eigenvalue weighted by atomic mass is 127. The first-order valence-corrected chi connectivity index (χ1v) is 7.21. The zero-order valence-electron chi connectivity index (χ0n) is 10.8. The van der Waals surface area contributed by atoms with E-state index < -0.39 is 11.8 Å². The van der Waals surface area contributed by atoms with Crippen LogP contribution in [0.5, 0.6) is 0 Å². The lowest BCUT2D eigenvalue weighted by Crippen LogP contribution is -2.28. The fourth-order valence-electron chi connectivity index (χ4n) is 2.05. The quantitative estimate of drug-likeness (QED) is 0.729. The molecule has 0 aliphatic carbocycles. The zero-order chi connectivity index (χ0) is 15.5. The summed E-state index contributed by atoms with van der Waals surface area (Å²) in [5, 5.41) is 11.0. The van der Waals surface area contributed by atoms with E-state index in [0.717, 1.165) is 0 Å². The lowest BCUT2D eigenvalue weighted by Gasteiger charge is -2.29. The normalized spacial score (nSPS) is 13.3. The van der Waals surface area contributed by atoms with Crippen LogP contribution >= 0.6 is 22.6 Å². The Labute approximate surface area is 134 Å². The van der Waals surface area contributed by atoms with Gasteiger partial charge in [0.2, 0.25) is 0 Å². The molecular formula is C16H12F3IO. The number of rotatable bonds is 3. The standard InChI is InChI=1S/C16H12F3IO/c17-15(18,19)11-14(20)16(21,12-7-3-1-4-8-12)13-9-5-2-6-10-13/h1-11,21H/b14-11-. The molecule has 0 spiro atoms. The molecule has 0 bridgehead atoms. The van der Waals surface area contributed by atoms with Gasteiger partial charge in [-0.05, 0) is 33.7 Å². The van der Waals surface area contributed by atoms with E-state index in [2.05, 4.69) is 0 Å². The summed E-state index contributed by atoms with van der Waals surface area (Å²) in [5.41, 5.74) is -1.04. The highest BCUT2D eigenvalue weighted by molar-refractivity contribution is 14.1. The van der Waals surface area contributed by atoms with E-state index in [9.17, 15) is 18.3 Å². The van der Waals surface area contributed by atoms with Crippen molar-refractivity contribution in [2.45, 2.75) is 11.8 Å². The van der Waals surface area contributed by atoms with E-state index in [1.54, 1.807) is 83.3 Å². The van der Waals surface area contributed by atoms with E-state index in [0.29, 0.717) is 11.1 Å². The average molecular weight is 404 g/mol. The van der Waals surface area contributed by atoms with Crippen LogP contribution in [0.4, 0.5) is 13.2 Å². The van der Waals surface area contributed by atoms with Gasteiger partial charge in [0.15, 0.2) is 0 Å². The largest absolute Gasteiger partial charge is 0.410 e. The third-order valence-electron chi connectivity index (χ3n) is 3.02. The average Bonchev–Trinajstić information content (AvgIpc) is 2.46. The molecule has 5 heteroatoms. The number of aliphatic hydroxyl groups is 1. The smallest absolute Gasteiger partial charge is 0.376 e. The lowest BCUT2D eigenvalue weighted by molar-refractivity contribution is -0.0813. The Kier molecular flexibility index (Phi) is 4.73. The number of hydrogen-bond acceptors (Lipinski definition) is 1. The summed E-state index contributed by atoms with van der Waals surface area (Å²) in [5.74, 6) is 0. The van der Waals surface area contributed by atoms with Crippen LogP contribution in [0.3, 0.4) is 0 Å². The predicted molar refractivity (Wildman–Crippen MR) is 84.0 cm³/mol. The Morgan fingerprint density at radius 3 is 1.57 bits per heavy atom. The van der Waals surface area contributed by atoms with Gasteiger partial charge >= 0.3 is 6.18 Å². The molecule has 0 fully saturated rings. The third kappa shape index (κ3) is 3.65. The molecule has 0 aliphatic rings. The van der Waals surface area contributed by atoms with Gasteiger partial charge < -0.3 is 5.11 Å². The van der Waals surface area contributed by atoms with Gasteiger partial charge in [0.1, 0.15) is 5.60 Å². The molecule has 21 heavy (non-hydrogen) atoms. The lowest BCUT2D eigenvalue weighted by atomic mass is 9.86. The number of halogens is 4. The number of alkyl halides is 3. The highest BCUT2D eigenvalue weighted by Gasteiger charge is 2.38. The summed E-state index contributed by atoms with van der Waals surface area (Å²) >= 11 is 1.54. The second-order valence-electron chi connectivity index (χ2n) is 4.48. The molecule has 0 amide bonds. The summed E-state index contributed by atoms with van der Waals surface area (Å²) in [7, 11) is 0. The SMILES string of the molecule is OC(/C(I)=C/C(F)(F)F)(c1ccccc1)c1ccccc1. The number of allylic oxidation sites excluding steroid dienone is 1. The minimum absolute atomic E-state index is 0.132. The van der Waals surface area contributed by atoms with Crippen LogP contribution in [0, 0.1) is 0 Å². The van der Waals surface area contributed by atoms with Crippen molar-refractivity contribution in [2.24, 2.45) is 0 Å². The molecule has 2 rings (SSSR count). The monoisotopic (exact) mass is 404 g/mol. The molecule has 0 atom stereocenters. The van der Waals surface area contributed by atoms with Gasteiger partial charge in [-0.15, -0.1) is 0 Å². The van der Waals surface area contributed by atoms with Crippen molar-refractivity contribution in [3.8, 4) is 0 Å². The Bertz CT molecular complexity index is 581. The van der Waals surface area contributed by atoms with Crippen LogP contribution in [-0.2, 0) is 5.60 Å². The topological polar surface area (TPSA) is 20.2 Å². The Morgan fingerprint density at radius 1 is 0.857 bits per heavy atom. The second kappa shape index (κ2) is 6.19. The molecule has 0 aliphatic heterocycles. The van der Waals surface area contributed by atoms with Gasteiger partial charge in [-0.25, -0.2) is 0 Å². The van der Waals surface area contributed by atoms with E-state index >= 15 is 0 Å². The predicted octanol–water partition coefficient (Wildman–Crippen LogP) is 4.80. The van der Waals surface area contributed by atoms with Crippen LogP contribution in [0.15, 0.2) is 70.3 Å². The summed E-state index contributed by atoms with van der Waals surface area (Å²) in [6.07, 6.45) is -4.36. The van der Waals surface area contributed by atoms with Gasteiger partial charge in [-0.1, -0.05) is 60.7 Å². The third-order valence-corrected chi connectivity index (χ3v) is 4.11. The molecule has 0 heterocycles. The number of benzene rings is 2. The maximum absolute atomic E-state index is 12.7. The first-order chi connectivity index (χ1) is 9.84. The fraction of sp³-hybridized carbons (Fsp3) is 0.125. The maximum Gasteiger partial charge on any atom is 0.410 e. The van der Waals surface area contributed by atoms with E-state index in [4.69, 9.17) is 0 Å². The summed E-state index contributed by atoms with van der Waals surface area (Å²) < 4.78 is 37.8. The molecule has 1 N–H and O–H groups in total.